The Balaban J connectivity index is 1.74. The number of carbonyl (C=O) groups is 1. The van der Waals surface area contributed by atoms with Crippen LogP contribution in [0.25, 0.3) is 0 Å². The Morgan fingerprint density at radius 1 is 1.19 bits per heavy atom. The van der Waals surface area contributed by atoms with Gasteiger partial charge >= 0.3 is 0 Å². The van der Waals surface area contributed by atoms with Crippen molar-refractivity contribution in [2.75, 3.05) is 17.7 Å². The van der Waals surface area contributed by atoms with Gasteiger partial charge in [-0.1, -0.05) is 30.9 Å². The highest BCUT2D eigenvalue weighted by Crippen LogP contribution is 2.31. The molecule has 2 aromatic rings. The Morgan fingerprint density at radius 3 is 2.69 bits per heavy atom. The molecule has 0 unspecified atom stereocenters. The lowest BCUT2D eigenvalue weighted by molar-refractivity contribution is 0.102. The van der Waals surface area contributed by atoms with Gasteiger partial charge in [0.25, 0.3) is 5.91 Å². The van der Waals surface area contributed by atoms with Crippen molar-refractivity contribution < 1.29 is 9.53 Å². The molecule has 0 aliphatic heterocycles. The number of pyridine rings is 1. The van der Waals surface area contributed by atoms with Gasteiger partial charge in [0.05, 0.1) is 24.0 Å². The molecule has 0 atom stereocenters. The fourth-order valence-corrected chi connectivity index (χ4v) is 3.40. The molecule has 0 radical (unpaired) electrons. The van der Waals surface area contributed by atoms with E-state index in [0.29, 0.717) is 28.1 Å². The first-order valence-corrected chi connectivity index (χ1v) is 9.31. The first kappa shape index (κ1) is 18.5. The van der Waals surface area contributed by atoms with Gasteiger partial charge in [0, 0.05) is 29.5 Å². The summed E-state index contributed by atoms with van der Waals surface area (Å²) < 4.78 is 5.32. The number of nitrogens with zero attached hydrogens (tertiary/aromatic N) is 1. The maximum absolute atomic E-state index is 12.7. The number of methoxy groups -OCH3 is 1. The number of rotatable bonds is 5. The second kappa shape index (κ2) is 8.41. The predicted molar refractivity (Wildman–Crippen MR) is 105 cm³/mol. The Bertz CT molecular complexity index is 789. The second-order valence-electron chi connectivity index (χ2n) is 6.70. The van der Waals surface area contributed by atoms with Gasteiger partial charge in [-0.15, -0.1) is 0 Å². The number of benzene rings is 1. The quantitative estimate of drug-likeness (QED) is 0.769. The van der Waals surface area contributed by atoms with Gasteiger partial charge in [-0.3, -0.25) is 9.78 Å². The van der Waals surface area contributed by atoms with Crippen LogP contribution in [0.5, 0.6) is 5.75 Å². The molecule has 0 spiro atoms. The van der Waals surface area contributed by atoms with Gasteiger partial charge in [-0.25, -0.2) is 0 Å². The molecule has 138 valence electrons. The van der Waals surface area contributed by atoms with E-state index in [2.05, 4.69) is 15.6 Å². The molecule has 3 rings (SSSR count). The summed E-state index contributed by atoms with van der Waals surface area (Å²) in [7, 11) is 1.55. The van der Waals surface area contributed by atoms with Crippen LogP contribution in [-0.4, -0.2) is 24.0 Å². The third-order valence-corrected chi connectivity index (χ3v) is 5.11. The van der Waals surface area contributed by atoms with E-state index in [-0.39, 0.29) is 5.91 Å². The summed E-state index contributed by atoms with van der Waals surface area (Å²) in [4.78, 5) is 16.9. The number of aromatic nitrogens is 1. The summed E-state index contributed by atoms with van der Waals surface area (Å²) in [5, 5.41) is 6.98. The van der Waals surface area contributed by atoms with E-state index < -0.39 is 0 Å². The highest BCUT2D eigenvalue weighted by atomic mass is 35.5. The van der Waals surface area contributed by atoms with Crippen LogP contribution < -0.4 is 15.4 Å². The van der Waals surface area contributed by atoms with E-state index in [0.717, 1.165) is 24.1 Å². The molecule has 6 heteroatoms. The van der Waals surface area contributed by atoms with Crippen molar-refractivity contribution in [3.8, 4) is 5.75 Å². The number of hydrogen-bond acceptors (Lipinski definition) is 4. The van der Waals surface area contributed by atoms with Gasteiger partial charge in [-0.2, -0.15) is 0 Å². The lowest BCUT2D eigenvalue weighted by atomic mass is 9.95. The van der Waals surface area contributed by atoms with Gasteiger partial charge < -0.3 is 15.4 Å². The molecule has 1 aromatic carbocycles. The summed E-state index contributed by atoms with van der Waals surface area (Å²) in [6.45, 7) is 1.88. The molecule has 5 nitrogen and oxygen atoms in total. The minimum Gasteiger partial charge on any atom is -0.495 e. The minimum atomic E-state index is -0.232. The summed E-state index contributed by atoms with van der Waals surface area (Å²) in [6, 6.07) is 5.80. The zero-order valence-corrected chi connectivity index (χ0v) is 15.9. The van der Waals surface area contributed by atoms with Crippen LogP contribution in [0.2, 0.25) is 5.02 Å². The zero-order valence-electron chi connectivity index (χ0n) is 15.1. The van der Waals surface area contributed by atoms with Gasteiger partial charge in [0.1, 0.15) is 5.75 Å². The van der Waals surface area contributed by atoms with Crippen LogP contribution in [0.3, 0.4) is 0 Å². The molecule has 1 aromatic heterocycles. The molecule has 1 heterocycles. The average Bonchev–Trinajstić information content (AvgIpc) is 2.65. The number of halogens is 1. The zero-order chi connectivity index (χ0) is 18.5. The number of ether oxygens (including phenoxy) is 1. The second-order valence-corrected chi connectivity index (χ2v) is 7.10. The van der Waals surface area contributed by atoms with Crippen LogP contribution in [-0.2, 0) is 0 Å². The van der Waals surface area contributed by atoms with E-state index in [9.17, 15) is 4.79 Å². The molecule has 1 fully saturated rings. The number of amides is 1. The monoisotopic (exact) mass is 373 g/mol. The standard InChI is InChI=1S/C20H24ClN3O2/c1-13-8-18(19(26-2)10-17(13)21)24-20(25)14-9-16(12-22-11-14)23-15-6-4-3-5-7-15/h8-12,15,23H,3-7H2,1-2H3,(H,24,25). The van der Waals surface area contributed by atoms with Crippen LogP contribution in [0.15, 0.2) is 30.6 Å². The number of anilines is 2. The van der Waals surface area contributed by atoms with Crippen molar-refractivity contribution in [1.29, 1.82) is 0 Å². The van der Waals surface area contributed by atoms with Crippen molar-refractivity contribution in [3.63, 3.8) is 0 Å². The molecule has 1 saturated carbocycles. The third-order valence-electron chi connectivity index (χ3n) is 4.71. The summed E-state index contributed by atoms with van der Waals surface area (Å²) >= 11 is 6.12. The van der Waals surface area contributed by atoms with Gasteiger partial charge in [-0.05, 0) is 37.5 Å². The van der Waals surface area contributed by atoms with E-state index in [1.807, 2.05) is 13.0 Å². The largest absolute Gasteiger partial charge is 0.495 e. The topological polar surface area (TPSA) is 63.2 Å². The maximum Gasteiger partial charge on any atom is 0.257 e. The molecule has 26 heavy (non-hydrogen) atoms. The Labute approximate surface area is 159 Å². The Morgan fingerprint density at radius 2 is 1.96 bits per heavy atom. The van der Waals surface area contributed by atoms with E-state index >= 15 is 0 Å². The lowest BCUT2D eigenvalue weighted by Crippen LogP contribution is -2.22. The molecule has 1 amide bonds. The van der Waals surface area contributed by atoms with Crippen molar-refractivity contribution >= 4 is 28.9 Å². The van der Waals surface area contributed by atoms with Crippen LogP contribution >= 0.6 is 11.6 Å². The third kappa shape index (κ3) is 4.47. The molecule has 1 aliphatic rings. The predicted octanol–water partition coefficient (Wildman–Crippen LogP) is 5.05. The average molecular weight is 374 g/mol. The van der Waals surface area contributed by atoms with Crippen LogP contribution in [0.1, 0.15) is 48.0 Å². The Hall–Kier alpha value is -2.27. The molecule has 0 bridgehead atoms. The van der Waals surface area contributed by atoms with Crippen molar-refractivity contribution in [2.24, 2.45) is 0 Å². The van der Waals surface area contributed by atoms with Crippen LogP contribution in [0, 0.1) is 6.92 Å². The minimum absolute atomic E-state index is 0.232. The first-order valence-electron chi connectivity index (χ1n) is 8.94. The number of nitrogens with one attached hydrogen (secondary N) is 2. The molecule has 2 N–H and O–H groups in total. The van der Waals surface area contributed by atoms with Gasteiger partial charge in [0.2, 0.25) is 0 Å². The van der Waals surface area contributed by atoms with E-state index in [1.54, 1.807) is 31.6 Å². The summed E-state index contributed by atoms with van der Waals surface area (Å²) in [5.74, 6) is 0.295. The first-order chi connectivity index (χ1) is 12.6. The SMILES string of the molecule is COc1cc(Cl)c(C)cc1NC(=O)c1cncc(NC2CCCCC2)c1. The van der Waals surface area contributed by atoms with Crippen molar-refractivity contribution in [3.05, 3.63) is 46.7 Å². The number of aryl methyl sites for hydroxylation is 1. The molecular weight excluding hydrogens is 350 g/mol. The van der Waals surface area contributed by atoms with E-state index in [1.165, 1.54) is 19.3 Å². The van der Waals surface area contributed by atoms with Crippen molar-refractivity contribution in [2.45, 2.75) is 45.1 Å². The van der Waals surface area contributed by atoms with Crippen LogP contribution in [0.4, 0.5) is 11.4 Å². The maximum atomic E-state index is 12.7. The number of hydrogen-bond donors (Lipinski definition) is 2. The summed E-state index contributed by atoms with van der Waals surface area (Å²) in [5.41, 5.74) is 2.84. The molecular formula is C20H24ClN3O2. The van der Waals surface area contributed by atoms with E-state index in [4.69, 9.17) is 16.3 Å². The van der Waals surface area contributed by atoms with Gasteiger partial charge in [0.15, 0.2) is 0 Å². The summed E-state index contributed by atoms with van der Waals surface area (Å²) in [6.07, 6.45) is 9.47. The Kier molecular flexibility index (Phi) is 5.99. The lowest BCUT2D eigenvalue weighted by Gasteiger charge is -2.23. The fraction of sp³-hybridized carbons (Fsp3) is 0.400. The highest BCUT2D eigenvalue weighted by molar-refractivity contribution is 6.31. The normalized spacial score (nSPS) is 14.7. The fourth-order valence-electron chi connectivity index (χ4n) is 3.25. The van der Waals surface area contributed by atoms with Crippen molar-refractivity contribution in [1.82, 2.24) is 4.98 Å². The smallest absolute Gasteiger partial charge is 0.257 e. The molecule has 0 saturated heterocycles. The molecule has 1 aliphatic carbocycles. The number of carbonyl (C=O) groups excluding carboxylic acids is 1. The highest BCUT2D eigenvalue weighted by Gasteiger charge is 2.15.